The van der Waals surface area contributed by atoms with Crippen molar-refractivity contribution in [1.82, 2.24) is 19.8 Å². The van der Waals surface area contributed by atoms with Crippen molar-refractivity contribution in [1.29, 1.82) is 0 Å². The zero-order valence-electron chi connectivity index (χ0n) is 15.3. The van der Waals surface area contributed by atoms with Crippen molar-refractivity contribution in [2.24, 2.45) is 5.92 Å². The van der Waals surface area contributed by atoms with Crippen molar-refractivity contribution in [3.05, 3.63) is 45.7 Å². The molecule has 0 amide bonds. The van der Waals surface area contributed by atoms with Crippen LogP contribution in [0, 0.1) is 12.8 Å². The molecular formula is C20H28N4S. The van der Waals surface area contributed by atoms with E-state index in [4.69, 9.17) is 4.98 Å². The van der Waals surface area contributed by atoms with Gasteiger partial charge in [-0.2, -0.15) is 0 Å². The number of pyridine rings is 1. The topological polar surface area (TPSA) is 32.3 Å². The Morgan fingerprint density at radius 3 is 2.88 bits per heavy atom. The first-order valence-corrected chi connectivity index (χ1v) is 10.3. The molecular weight excluding hydrogens is 328 g/mol. The summed E-state index contributed by atoms with van der Waals surface area (Å²) in [5.41, 5.74) is 2.51. The van der Waals surface area contributed by atoms with E-state index in [-0.39, 0.29) is 0 Å². The average molecular weight is 357 g/mol. The summed E-state index contributed by atoms with van der Waals surface area (Å²) in [7, 11) is 0. The van der Waals surface area contributed by atoms with Crippen molar-refractivity contribution in [2.45, 2.75) is 52.2 Å². The fourth-order valence-electron chi connectivity index (χ4n) is 4.41. The van der Waals surface area contributed by atoms with Crippen molar-refractivity contribution >= 4 is 11.3 Å². The fraction of sp³-hybridized carbons (Fsp3) is 0.600. The molecule has 0 N–H and O–H groups in total. The van der Waals surface area contributed by atoms with E-state index in [1.54, 1.807) is 0 Å². The highest BCUT2D eigenvalue weighted by molar-refractivity contribution is 7.11. The van der Waals surface area contributed by atoms with E-state index >= 15 is 0 Å². The van der Waals surface area contributed by atoms with Crippen LogP contribution in [0.15, 0.2) is 24.4 Å². The maximum Gasteiger partial charge on any atom is 0.0900 e. The third-order valence-electron chi connectivity index (χ3n) is 5.58. The van der Waals surface area contributed by atoms with Crippen LogP contribution in [0.1, 0.15) is 41.0 Å². The number of piperidine rings is 1. The van der Waals surface area contributed by atoms with E-state index in [0.717, 1.165) is 25.4 Å². The molecule has 2 bridgehead atoms. The Balaban J connectivity index is 1.45. The lowest BCUT2D eigenvalue weighted by molar-refractivity contribution is 0.121. The SMILES string of the molecule is CCc1nc(C)sc1CN1C[C@@H]2CC[C@H](C1)N(Cc1ccccn1)C2. The Hall–Kier alpha value is -1.30. The lowest BCUT2D eigenvalue weighted by Crippen LogP contribution is -2.43. The largest absolute Gasteiger partial charge is 0.296 e. The highest BCUT2D eigenvalue weighted by Gasteiger charge is 2.35. The lowest BCUT2D eigenvalue weighted by atomic mass is 9.95. The predicted molar refractivity (Wildman–Crippen MR) is 103 cm³/mol. The van der Waals surface area contributed by atoms with Crippen molar-refractivity contribution in [2.75, 3.05) is 19.6 Å². The Labute approximate surface area is 154 Å². The monoisotopic (exact) mass is 356 g/mol. The van der Waals surface area contributed by atoms with E-state index in [1.807, 2.05) is 23.6 Å². The first-order chi connectivity index (χ1) is 12.2. The molecule has 5 rings (SSSR count). The third-order valence-corrected chi connectivity index (χ3v) is 6.58. The van der Waals surface area contributed by atoms with Gasteiger partial charge in [0, 0.05) is 49.8 Å². The van der Waals surface area contributed by atoms with Crippen LogP contribution in [0.2, 0.25) is 0 Å². The number of aromatic nitrogens is 2. The van der Waals surface area contributed by atoms with Crippen molar-refractivity contribution < 1.29 is 0 Å². The van der Waals surface area contributed by atoms with E-state index in [0.29, 0.717) is 6.04 Å². The van der Waals surface area contributed by atoms with Crippen LogP contribution >= 0.6 is 11.3 Å². The van der Waals surface area contributed by atoms with Gasteiger partial charge in [0.1, 0.15) is 0 Å². The van der Waals surface area contributed by atoms with Crippen molar-refractivity contribution in [3.63, 3.8) is 0 Å². The molecule has 3 aliphatic rings. The van der Waals surface area contributed by atoms with Gasteiger partial charge < -0.3 is 0 Å². The number of hydrogen-bond donors (Lipinski definition) is 0. The summed E-state index contributed by atoms with van der Waals surface area (Å²) in [6, 6.07) is 6.93. The van der Waals surface area contributed by atoms with Gasteiger partial charge in [-0.05, 0) is 44.2 Å². The van der Waals surface area contributed by atoms with E-state index in [2.05, 4.69) is 40.8 Å². The minimum Gasteiger partial charge on any atom is -0.296 e. The molecule has 3 aliphatic heterocycles. The second-order valence-electron chi connectivity index (χ2n) is 7.50. The summed E-state index contributed by atoms with van der Waals surface area (Å²) in [4.78, 5) is 16.1. The van der Waals surface area contributed by atoms with Crippen LogP contribution in [0.3, 0.4) is 0 Å². The molecule has 0 radical (unpaired) electrons. The standard InChI is InChI=1S/C20H28N4S/c1-3-19-20(25-15(2)22-19)14-23-10-16-7-8-18(13-23)24(11-16)12-17-6-4-5-9-21-17/h4-6,9,16,18H,3,7-8,10-14H2,1-2H3/t16-,18+/m0/s1. The molecule has 2 atom stereocenters. The predicted octanol–water partition coefficient (Wildman–Crippen LogP) is 3.51. The normalized spacial score (nSPS) is 24.6. The smallest absolute Gasteiger partial charge is 0.0900 e. The molecule has 134 valence electrons. The first-order valence-electron chi connectivity index (χ1n) is 9.52. The number of nitrogens with zero attached hydrogens (tertiary/aromatic N) is 4. The fourth-order valence-corrected chi connectivity index (χ4v) is 5.48. The van der Waals surface area contributed by atoms with Crippen LogP contribution in [-0.4, -0.2) is 45.4 Å². The van der Waals surface area contributed by atoms with Gasteiger partial charge in [-0.1, -0.05) is 13.0 Å². The molecule has 0 saturated carbocycles. The zero-order valence-corrected chi connectivity index (χ0v) is 16.1. The summed E-state index contributed by atoms with van der Waals surface area (Å²) in [5.74, 6) is 0.793. The molecule has 0 unspecified atom stereocenters. The molecule has 0 aliphatic carbocycles. The number of thiazole rings is 1. The molecule has 2 aromatic heterocycles. The van der Waals surface area contributed by atoms with Gasteiger partial charge in [-0.15, -0.1) is 11.3 Å². The van der Waals surface area contributed by atoms with Crippen LogP contribution in [-0.2, 0) is 19.5 Å². The Morgan fingerprint density at radius 1 is 1.16 bits per heavy atom. The van der Waals surface area contributed by atoms with Gasteiger partial charge in [0.05, 0.1) is 16.4 Å². The van der Waals surface area contributed by atoms with E-state index in [9.17, 15) is 0 Å². The van der Waals surface area contributed by atoms with Crippen LogP contribution in [0.5, 0.6) is 0 Å². The molecule has 25 heavy (non-hydrogen) atoms. The number of rotatable bonds is 5. The molecule has 3 fully saturated rings. The average Bonchev–Trinajstić information content (AvgIpc) is 2.77. The molecule has 3 saturated heterocycles. The highest BCUT2D eigenvalue weighted by atomic mass is 32.1. The summed E-state index contributed by atoms with van der Waals surface area (Å²) in [6.45, 7) is 10.1. The van der Waals surface area contributed by atoms with Crippen LogP contribution in [0.25, 0.3) is 0 Å². The third kappa shape index (κ3) is 3.94. The van der Waals surface area contributed by atoms with E-state index in [1.165, 1.54) is 53.7 Å². The molecule has 5 heteroatoms. The Kier molecular flexibility index (Phi) is 5.15. The Morgan fingerprint density at radius 2 is 2.08 bits per heavy atom. The maximum atomic E-state index is 4.72. The molecule has 5 heterocycles. The maximum absolute atomic E-state index is 4.72. The number of fused-ring (bicyclic) bond motifs is 4. The summed E-state index contributed by atoms with van der Waals surface area (Å²) < 4.78 is 0. The first kappa shape index (κ1) is 17.1. The summed E-state index contributed by atoms with van der Waals surface area (Å²) in [5, 5.41) is 1.21. The number of hydrogen-bond acceptors (Lipinski definition) is 5. The minimum absolute atomic E-state index is 0.667. The van der Waals surface area contributed by atoms with Gasteiger partial charge in [0.2, 0.25) is 0 Å². The molecule has 4 nitrogen and oxygen atoms in total. The van der Waals surface area contributed by atoms with Gasteiger partial charge in [-0.25, -0.2) is 4.98 Å². The van der Waals surface area contributed by atoms with Gasteiger partial charge >= 0.3 is 0 Å². The lowest BCUT2D eigenvalue weighted by Gasteiger charge is -2.35. The summed E-state index contributed by atoms with van der Waals surface area (Å²) in [6.07, 6.45) is 5.67. The van der Waals surface area contributed by atoms with Crippen molar-refractivity contribution in [3.8, 4) is 0 Å². The van der Waals surface area contributed by atoms with E-state index < -0.39 is 0 Å². The Bertz CT molecular complexity index is 699. The van der Waals surface area contributed by atoms with Crippen LogP contribution in [0.4, 0.5) is 0 Å². The molecule has 2 aromatic rings. The minimum atomic E-state index is 0.667. The quantitative estimate of drug-likeness (QED) is 0.821. The second kappa shape index (κ2) is 7.52. The molecule has 0 aromatic carbocycles. The number of aryl methyl sites for hydroxylation is 2. The highest BCUT2D eigenvalue weighted by Crippen LogP contribution is 2.31. The summed E-state index contributed by atoms with van der Waals surface area (Å²) >= 11 is 1.89. The van der Waals surface area contributed by atoms with Crippen LogP contribution < -0.4 is 0 Å². The molecule has 0 spiro atoms. The van der Waals surface area contributed by atoms with Gasteiger partial charge in [0.15, 0.2) is 0 Å². The van der Waals surface area contributed by atoms with Gasteiger partial charge in [-0.3, -0.25) is 14.8 Å². The zero-order chi connectivity index (χ0) is 17.2. The second-order valence-corrected chi connectivity index (χ2v) is 8.79. The van der Waals surface area contributed by atoms with Gasteiger partial charge in [0.25, 0.3) is 0 Å².